The smallest absolute Gasteiger partial charge is 0.230 e. The molecular formula is C20H20N2O3S2. The zero-order valence-corrected chi connectivity index (χ0v) is 16.7. The number of thiazole rings is 1. The van der Waals surface area contributed by atoms with E-state index in [9.17, 15) is 13.2 Å². The van der Waals surface area contributed by atoms with E-state index in [-0.39, 0.29) is 17.2 Å². The third-order valence-corrected chi connectivity index (χ3v) is 6.99. The molecule has 0 saturated carbocycles. The van der Waals surface area contributed by atoms with E-state index in [4.69, 9.17) is 0 Å². The van der Waals surface area contributed by atoms with Crippen molar-refractivity contribution in [2.75, 3.05) is 5.32 Å². The molecule has 0 spiro atoms. The minimum absolute atomic E-state index is 0.155. The standard InChI is InChI=1S/C20H20N2O3S2/c1-14(2)27(24,25)17-10-8-15(9-11-17)12-19(23)22-20-21-18(13-26-20)16-6-4-3-5-7-16/h3-11,13-14H,12H2,1-2H3,(H,21,22,23). The van der Waals surface area contributed by atoms with Crippen LogP contribution in [-0.2, 0) is 21.1 Å². The van der Waals surface area contributed by atoms with Crippen LogP contribution in [0.3, 0.4) is 0 Å². The number of rotatable bonds is 6. The molecule has 0 saturated heterocycles. The normalized spacial score (nSPS) is 11.5. The molecule has 1 N–H and O–H groups in total. The maximum atomic E-state index is 12.3. The van der Waals surface area contributed by atoms with Gasteiger partial charge >= 0.3 is 0 Å². The molecule has 5 nitrogen and oxygen atoms in total. The summed E-state index contributed by atoms with van der Waals surface area (Å²) in [5.41, 5.74) is 2.56. The number of carbonyl (C=O) groups excluding carboxylic acids is 1. The molecule has 0 bridgehead atoms. The zero-order chi connectivity index (χ0) is 19.4. The maximum absolute atomic E-state index is 12.3. The van der Waals surface area contributed by atoms with Crippen molar-refractivity contribution < 1.29 is 13.2 Å². The maximum Gasteiger partial charge on any atom is 0.230 e. The third-order valence-electron chi connectivity index (χ3n) is 4.06. The van der Waals surface area contributed by atoms with Gasteiger partial charge in [-0.3, -0.25) is 4.79 Å². The fourth-order valence-corrected chi connectivity index (χ4v) is 4.29. The summed E-state index contributed by atoms with van der Waals surface area (Å²) in [5.74, 6) is -0.191. The predicted molar refractivity (Wildman–Crippen MR) is 109 cm³/mol. The second-order valence-corrected chi connectivity index (χ2v) is 9.73. The SMILES string of the molecule is CC(C)S(=O)(=O)c1ccc(CC(=O)Nc2nc(-c3ccccc3)cs2)cc1. The van der Waals surface area contributed by atoms with E-state index in [1.165, 1.54) is 11.3 Å². The highest BCUT2D eigenvalue weighted by Gasteiger charge is 2.19. The van der Waals surface area contributed by atoms with Crippen molar-refractivity contribution in [3.8, 4) is 11.3 Å². The van der Waals surface area contributed by atoms with Gasteiger partial charge < -0.3 is 5.32 Å². The molecule has 3 aromatic rings. The summed E-state index contributed by atoms with van der Waals surface area (Å²) in [6, 6.07) is 16.2. The van der Waals surface area contributed by atoms with Gasteiger partial charge in [0, 0.05) is 10.9 Å². The largest absolute Gasteiger partial charge is 0.302 e. The van der Waals surface area contributed by atoms with Crippen molar-refractivity contribution in [2.45, 2.75) is 30.4 Å². The molecule has 0 fully saturated rings. The average molecular weight is 401 g/mol. The van der Waals surface area contributed by atoms with E-state index in [0.717, 1.165) is 16.8 Å². The first kappa shape index (κ1) is 19.3. The molecule has 140 valence electrons. The number of hydrogen-bond acceptors (Lipinski definition) is 5. The monoisotopic (exact) mass is 400 g/mol. The highest BCUT2D eigenvalue weighted by atomic mass is 32.2. The Kier molecular flexibility index (Phi) is 5.72. The van der Waals surface area contributed by atoms with Crippen LogP contribution in [0.25, 0.3) is 11.3 Å². The van der Waals surface area contributed by atoms with Crippen molar-refractivity contribution in [1.29, 1.82) is 0 Å². The molecule has 0 aliphatic carbocycles. The van der Waals surface area contributed by atoms with E-state index in [2.05, 4.69) is 10.3 Å². The van der Waals surface area contributed by atoms with Crippen LogP contribution < -0.4 is 5.32 Å². The van der Waals surface area contributed by atoms with Crippen molar-refractivity contribution >= 4 is 32.2 Å². The first-order valence-electron chi connectivity index (χ1n) is 8.50. The Bertz CT molecular complexity index is 1020. The topological polar surface area (TPSA) is 76.1 Å². The summed E-state index contributed by atoms with van der Waals surface area (Å²) in [6.07, 6.45) is 0.155. The third kappa shape index (κ3) is 4.61. The van der Waals surface area contributed by atoms with Gasteiger partial charge in [0.2, 0.25) is 5.91 Å². The van der Waals surface area contributed by atoms with E-state index in [1.807, 2.05) is 35.7 Å². The van der Waals surface area contributed by atoms with Gasteiger partial charge in [-0.15, -0.1) is 11.3 Å². The highest BCUT2D eigenvalue weighted by molar-refractivity contribution is 7.92. The molecule has 0 unspecified atom stereocenters. The lowest BCUT2D eigenvalue weighted by molar-refractivity contribution is -0.115. The van der Waals surface area contributed by atoms with Gasteiger partial charge in [-0.25, -0.2) is 13.4 Å². The molecule has 1 aromatic heterocycles. The second-order valence-electron chi connectivity index (χ2n) is 6.37. The number of amides is 1. The lowest BCUT2D eigenvalue weighted by Crippen LogP contribution is -2.15. The molecule has 0 aliphatic rings. The Morgan fingerprint density at radius 3 is 2.37 bits per heavy atom. The molecule has 27 heavy (non-hydrogen) atoms. The lowest BCUT2D eigenvalue weighted by Gasteiger charge is -2.08. The van der Waals surface area contributed by atoms with Crippen LogP contribution in [0, 0.1) is 0 Å². The Morgan fingerprint density at radius 2 is 1.74 bits per heavy atom. The van der Waals surface area contributed by atoms with Gasteiger partial charge in [0.05, 0.1) is 22.3 Å². The van der Waals surface area contributed by atoms with E-state index in [1.54, 1.807) is 38.1 Å². The predicted octanol–water partition coefficient (Wildman–Crippen LogP) is 4.17. The summed E-state index contributed by atoms with van der Waals surface area (Å²) < 4.78 is 24.3. The second kappa shape index (κ2) is 8.02. The molecule has 1 heterocycles. The summed E-state index contributed by atoms with van der Waals surface area (Å²) in [6.45, 7) is 3.29. The van der Waals surface area contributed by atoms with Crippen LogP contribution in [0.2, 0.25) is 0 Å². The summed E-state index contributed by atoms with van der Waals surface area (Å²) in [5, 5.41) is 4.76. The number of nitrogens with zero attached hydrogens (tertiary/aromatic N) is 1. The Balaban J connectivity index is 1.64. The highest BCUT2D eigenvalue weighted by Crippen LogP contribution is 2.24. The van der Waals surface area contributed by atoms with Crippen LogP contribution in [0.15, 0.2) is 64.9 Å². The number of benzene rings is 2. The minimum atomic E-state index is -3.30. The van der Waals surface area contributed by atoms with Crippen LogP contribution in [0.4, 0.5) is 5.13 Å². The fourth-order valence-electron chi connectivity index (χ4n) is 2.49. The summed E-state index contributed by atoms with van der Waals surface area (Å²) in [4.78, 5) is 17.0. The molecule has 7 heteroatoms. The van der Waals surface area contributed by atoms with Crippen molar-refractivity contribution in [1.82, 2.24) is 4.98 Å². The van der Waals surface area contributed by atoms with Crippen molar-refractivity contribution in [2.24, 2.45) is 0 Å². The van der Waals surface area contributed by atoms with Gasteiger partial charge in [0.15, 0.2) is 15.0 Å². The first-order chi connectivity index (χ1) is 12.9. The first-order valence-corrected chi connectivity index (χ1v) is 10.9. The van der Waals surface area contributed by atoms with Gasteiger partial charge in [0.25, 0.3) is 0 Å². The number of anilines is 1. The molecule has 0 radical (unpaired) electrons. The number of hydrogen-bond donors (Lipinski definition) is 1. The Labute approximate surface area is 163 Å². The van der Waals surface area contributed by atoms with Crippen LogP contribution in [0.5, 0.6) is 0 Å². The van der Waals surface area contributed by atoms with Gasteiger partial charge in [-0.2, -0.15) is 0 Å². The number of aromatic nitrogens is 1. The number of nitrogens with one attached hydrogen (secondary N) is 1. The van der Waals surface area contributed by atoms with Gasteiger partial charge in [-0.1, -0.05) is 42.5 Å². The lowest BCUT2D eigenvalue weighted by atomic mass is 10.1. The number of carbonyl (C=O) groups is 1. The van der Waals surface area contributed by atoms with E-state index in [0.29, 0.717) is 5.13 Å². The van der Waals surface area contributed by atoms with Crippen molar-refractivity contribution in [3.05, 3.63) is 65.5 Å². The van der Waals surface area contributed by atoms with E-state index >= 15 is 0 Å². The van der Waals surface area contributed by atoms with Crippen LogP contribution >= 0.6 is 11.3 Å². The van der Waals surface area contributed by atoms with Gasteiger partial charge in [-0.05, 0) is 31.5 Å². The molecule has 0 aliphatic heterocycles. The Morgan fingerprint density at radius 1 is 1.07 bits per heavy atom. The van der Waals surface area contributed by atoms with Crippen LogP contribution in [-0.4, -0.2) is 24.6 Å². The molecule has 0 atom stereocenters. The summed E-state index contributed by atoms with van der Waals surface area (Å²) >= 11 is 1.37. The van der Waals surface area contributed by atoms with E-state index < -0.39 is 15.1 Å². The molecule has 2 aromatic carbocycles. The minimum Gasteiger partial charge on any atom is -0.302 e. The fraction of sp³-hybridized carbons (Fsp3) is 0.200. The van der Waals surface area contributed by atoms with Crippen molar-refractivity contribution in [3.63, 3.8) is 0 Å². The zero-order valence-electron chi connectivity index (χ0n) is 15.0. The Hall–Kier alpha value is -2.51. The molecule has 3 rings (SSSR count). The van der Waals surface area contributed by atoms with Crippen LogP contribution in [0.1, 0.15) is 19.4 Å². The molecular weight excluding hydrogens is 380 g/mol. The number of sulfone groups is 1. The van der Waals surface area contributed by atoms with Gasteiger partial charge in [0.1, 0.15) is 0 Å². The summed E-state index contributed by atoms with van der Waals surface area (Å²) in [7, 11) is -3.30. The average Bonchev–Trinajstić information content (AvgIpc) is 3.11. The molecule has 1 amide bonds. The quantitative estimate of drug-likeness (QED) is 0.674.